The fraction of sp³-hybridized carbons (Fsp3) is 0.462. The number of hydrogen-bond acceptors (Lipinski definition) is 5. The molecule has 6 heteroatoms. The molecular weight excluding hydrogens is 240 g/mol. The molecule has 1 aliphatic rings. The van der Waals surface area contributed by atoms with Crippen molar-refractivity contribution in [2.24, 2.45) is 0 Å². The van der Waals surface area contributed by atoms with Gasteiger partial charge in [-0.2, -0.15) is 14.9 Å². The Hall–Kier alpha value is -2.29. The predicted octanol–water partition coefficient (Wildman–Crippen LogP) is 1.34. The van der Waals surface area contributed by atoms with Crippen molar-refractivity contribution in [1.82, 2.24) is 14.6 Å². The number of hydrogen-bond donors (Lipinski definition) is 1. The van der Waals surface area contributed by atoms with Crippen LogP contribution in [0.15, 0.2) is 6.20 Å². The number of nitrogens with zero attached hydrogens (tertiary/aromatic N) is 5. The number of fused-ring (bicyclic) bond motifs is 3. The van der Waals surface area contributed by atoms with Crippen LogP contribution in [0.4, 0.5) is 11.6 Å². The fourth-order valence-electron chi connectivity index (χ4n) is 2.61. The highest BCUT2D eigenvalue weighted by molar-refractivity contribution is 5.70. The zero-order chi connectivity index (χ0) is 13.8. The standard InChI is InChI=1S/C13H16N6/c1-13(2,3)18-5-4-9-10(15)17-11-8(6-14)7-16-19(11)12(9)18/h7H,4-5H2,1-3H3,(H2,15,17). The van der Waals surface area contributed by atoms with Gasteiger partial charge in [0.15, 0.2) is 5.65 Å². The Labute approximate surface area is 111 Å². The zero-order valence-electron chi connectivity index (χ0n) is 11.3. The van der Waals surface area contributed by atoms with Crippen molar-refractivity contribution in [2.45, 2.75) is 32.7 Å². The molecule has 6 nitrogen and oxygen atoms in total. The number of rotatable bonds is 0. The second kappa shape index (κ2) is 3.60. The van der Waals surface area contributed by atoms with Crippen LogP contribution in [-0.2, 0) is 6.42 Å². The van der Waals surface area contributed by atoms with Gasteiger partial charge in [-0.05, 0) is 27.2 Å². The second-order valence-electron chi connectivity index (χ2n) is 5.78. The van der Waals surface area contributed by atoms with E-state index in [1.54, 1.807) is 10.7 Å². The number of aromatic nitrogens is 3. The van der Waals surface area contributed by atoms with E-state index in [1.807, 2.05) is 0 Å². The van der Waals surface area contributed by atoms with Crippen LogP contribution in [0.3, 0.4) is 0 Å². The van der Waals surface area contributed by atoms with Crippen molar-refractivity contribution in [3.8, 4) is 6.07 Å². The Bertz CT molecular complexity index is 700. The molecule has 2 N–H and O–H groups in total. The normalized spacial score (nSPS) is 14.7. The average molecular weight is 256 g/mol. The smallest absolute Gasteiger partial charge is 0.177 e. The summed E-state index contributed by atoms with van der Waals surface area (Å²) in [7, 11) is 0. The molecule has 0 fully saturated rings. The van der Waals surface area contributed by atoms with Gasteiger partial charge in [-0.1, -0.05) is 0 Å². The predicted molar refractivity (Wildman–Crippen MR) is 72.9 cm³/mol. The summed E-state index contributed by atoms with van der Waals surface area (Å²) in [6, 6.07) is 2.10. The summed E-state index contributed by atoms with van der Waals surface area (Å²) in [5.41, 5.74) is 8.03. The van der Waals surface area contributed by atoms with Crippen molar-refractivity contribution in [3.05, 3.63) is 17.3 Å². The molecule has 3 rings (SSSR count). The summed E-state index contributed by atoms with van der Waals surface area (Å²) in [5.74, 6) is 1.47. The van der Waals surface area contributed by atoms with Gasteiger partial charge in [0.25, 0.3) is 0 Å². The van der Waals surface area contributed by atoms with Crippen LogP contribution < -0.4 is 10.6 Å². The molecule has 19 heavy (non-hydrogen) atoms. The van der Waals surface area contributed by atoms with Crippen LogP contribution in [0.1, 0.15) is 31.9 Å². The summed E-state index contributed by atoms with van der Waals surface area (Å²) in [5, 5.41) is 13.4. The van der Waals surface area contributed by atoms with Crippen molar-refractivity contribution < 1.29 is 0 Å². The Morgan fingerprint density at radius 2 is 2.16 bits per heavy atom. The van der Waals surface area contributed by atoms with Crippen LogP contribution in [0.25, 0.3) is 5.65 Å². The zero-order valence-corrected chi connectivity index (χ0v) is 11.3. The monoisotopic (exact) mass is 256 g/mol. The minimum absolute atomic E-state index is 0.0231. The third-order valence-corrected chi connectivity index (χ3v) is 3.52. The number of anilines is 2. The van der Waals surface area contributed by atoms with Gasteiger partial charge in [-0.3, -0.25) is 0 Å². The van der Waals surface area contributed by atoms with Crippen molar-refractivity contribution in [3.63, 3.8) is 0 Å². The number of nitrogens with two attached hydrogens (primary N) is 1. The molecule has 1 aliphatic heterocycles. The van der Waals surface area contributed by atoms with Gasteiger partial charge in [0.05, 0.1) is 6.20 Å². The summed E-state index contributed by atoms with van der Waals surface area (Å²) in [4.78, 5) is 6.59. The molecule has 0 unspecified atom stereocenters. The van der Waals surface area contributed by atoms with E-state index < -0.39 is 0 Å². The second-order valence-corrected chi connectivity index (χ2v) is 5.78. The number of nitrogen functional groups attached to an aromatic ring is 1. The van der Waals surface area contributed by atoms with Gasteiger partial charge in [0.2, 0.25) is 0 Å². The molecule has 0 radical (unpaired) electrons. The van der Waals surface area contributed by atoms with E-state index in [-0.39, 0.29) is 5.54 Å². The first-order valence-electron chi connectivity index (χ1n) is 6.27. The van der Waals surface area contributed by atoms with Crippen molar-refractivity contribution in [2.75, 3.05) is 17.2 Å². The molecule has 0 amide bonds. The molecule has 3 heterocycles. The molecule has 98 valence electrons. The lowest BCUT2D eigenvalue weighted by atomic mass is 10.1. The Kier molecular flexibility index (Phi) is 2.23. The molecule has 0 bridgehead atoms. The molecular formula is C13H16N6. The Morgan fingerprint density at radius 1 is 1.42 bits per heavy atom. The van der Waals surface area contributed by atoms with E-state index in [0.717, 1.165) is 24.3 Å². The first-order chi connectivity index (χ1) is 8.93. The molecule has 2 aromatic heterocycles. The molecule has 0 aliphatic carbocycles. The maximum atomic E-state index is 9.09. The first-order valence-corrected chi connectivity index (χ1v) is 6.27. The summed E-state index contributed by atoms with van der Waals surface area (Å²) in [6.45, 7) is 7.35. The lowest BCUT2D eigenvalue weighted by molar-refractivity contribution is 0.510. The van der Waals surface area contributed by atoms with Crippen LogP contribution in [-0.4, -0.2) is 26.7 Å². The third kappa shape index (κ3) is 1.55. The van der Waals surface area contributed by atoms with Crippen LogP contribution in [0, 0.1) is 11.3 Å². The Balaban J connectivity index is 2.35. The SMILES string of the molecule is CC(C)(C)N1CCc2c(N)nc3c(C#N)cnn3c21. The molecule has 0 saturated carbocycles. The molecule has 0 saturated heterocycles. The lowest BCUT2D eigenvalue weighted by Gasteiger charge is -2.34. The van der Waals surface area contributed by atoms with E-state index in [4.69, 9.17) is 11.0 Å². The highest BCUT2D eigenvalue weighted by atomic mass is 15.4. The van der Waals surface area contributed by atoms with E-state index >= 15 is 0 Å². The maximum absolute atomic E-state index is 9.09. The summed E-state index contributed by atoms with van der Waals surface area (Å²) in [6.07, 6.45) is 2.41. The molecule has 0 aromatic carbocycles. The van der Waals surface area contributed by atoms with Crippen LogP contribution >= 0.6 is 0 Å². The van der Waals surface area contributed by atoms with Gasteiger partial charge in [0.1, 0.15) is 23.3 Å². The van der Waals surface area contributed by atoms with E-state index in [1.165, 1.54) is 0 Å². The average Bonchev–Trinajstić information content (AvgIpc) is 2.90. The van der Waals surface area contributed by atoms with E-state index in [0.29, 0.717) is 17.0 Å². The highest BCUT2D eigenvalue weighted by Gasteiger charge is 2.33. The highest BCUT2D eigenvalue weighted by Crippen LogP contribution is 2.36. The molecule has 0 spiro atoms. The van der Waals surface area contributed by atoms with Crippen LogP contribution in [0.5, 0.6) is 0 Å². The van der Waals surface area contributed by atoms with Gasteiger partial charge in [-0.25, -0.2) is 4.98 Å². The quantitative estimate of drug-likeness (QED) is 0.769. The topological polar surface area (TPSA) is 83.2 Å². The maximum Gasteiger partial charge on any atom is 0.177 e. The van der Waals surface area contributed by atoms with Crippen molar-refractivity contribution in [1.29, 1.82) is 5.26 Å². The number of nitriles is 1. The third-order valence-electron chi connectivity index (χ3n) is 3.52. The van der Waals surface area contributed by atoms with Gasteiger partial charge in [0, 0.05) is 17.6 Å². The first kappa shape index (κ1) is 11.8. The van der Waals surface area contributed by atoms with Crippen molar-refractivity contribution >= 4 is 17.3 Å². The van der Waals surface area contributed by atoms with Gasteiger partial charge < -0.3 is 10.6 Å². The minimum Gasteiger partial charge on any atom is -0.383 e. The molecule has 2 aromatic rings. The van der Waals surface area contributed by atoms with E-state index in [9.17, 15) is 0 Å². The minimum atomic E-state index is -0.0231. The largest absolute Gasteiger partial charge is 0.383 e. The van der Waals surface area contributed by atoms with Crippen LogP contribution in [0.2, 0.25) is 0 Å². The van der Waals surface area contributed by atoms with Gasteiger partial charge in [-0.15, -0.1) is 0 Å². The van der Waals surface area contributed by atoms with E-state index in [2.05, 4.69) is 41.8 Å². The summed E-state index contributed by atoms with van der Waals surface area (Å²) < 4.78 is 1.74. The summed E-state index contributed by atoms with van der Waals surface area (Å²) >= 11 is 0. The fourth-order valence-corrected chi connectivity index (χ4v) is 2.61. The lowest BCUT2D eigenvalue weighted by Crippen LogP contribution is -2.41. The Morgan fingerprint density at radius 3 is 2.79 bits per heavy atom. The molecule has 0 atom stereocenters. The van der Waals surface area contributed by atoms with Gasteiger partial charge >= 0.3 is 0 Å².